The van der Waals surface area contributed by atoms with Gasteiger partial charge in [-0.15, -0.1) is 11.8 Å². The van der Waals surface area contributed by atoms with Gasteiger partial charge in [0.15, 0.2) is 0 Å². The number of amides is 2. The van der Waals surface area contributed by atoms with Crippen LogP contribution >= 0.6 is 11.8 Å². The van der Waals surface area contributed by atoms with Gasteiger partial charge >= 0.3 is 0 Å². The van der Waals surface area contributed by atoms with Crippen LogP contribution in [-0.2, 0) is 11.2 Å². The molecule has 1 N–H and O–H groups in total. The van der Waals surface area contributed by atoms with Gasteiger partial charge in [-0.3, -0.25) is 14.5 Å². The zero-order valence-corrected chi connectivity index (χ0v) is 19.9. The molecule has 2 aliphatic heterocycles. The van der Waals surface area contributed by atoms with E-state index in [1.54, 1.807) is 6.07 Å². The largest absolute Gasteiger partial charge is 0.339 e. The van der Waals surface area contributed by atoms with Crippen LogP contribution in [0.25, 0.3) is 11.4 Å². The first-order chi connectivity index (χ1) is 16.5. The summed E-state index contributed by atoms with van der Waals surface area (Å²) in [6, 6.07) is 13.7. The van der Waals surface area contributed by atoms with Crippen molar-refractivity contribution in [3.05, 3.63) is 59.5 Å². The Morgan fingerprint density at radius 2 is 1.91 bits per heavy atom. The third-order valence-electron chi connectivity index (χ3n) is 6.16. The van der Waals surface area contributed by atoms with E-state index in [0.29, 0.717) is 36.1 Å². The maximum Gasteiger partial charge on any atom is 0.254 e. The lowest BCUT2D eigenvalue weighted by Gasteiger charge is -2.34. The zero-order chi connectivity index (χ0) is 23.5. The predicted octanol–water partition coefficient (Wildman–Crippen LogP) is 3.48. The van der Waals surface area contributed by atoms with Crippen LogP contribution in [0.3, 0.4) is 0 Å². The Labute approximate surface area is 202 Å². The Hall–Kier alpha value is -3.17. The number of rotatable bonds is 6. The molecule has 2 aliphatic rings. The first-order valence-corrected chi connectivity index (χ1v) is 12.5. The average Bonchev–Trinajstić information content (AvgIpc) is 3.33. The van der Waals surface area contributed by atoms with Crippen molar-refractivity contribution in [1.29, 1.82) is 0 Å². The fourth-order valence-corrected chi connectivity index (χ4v) is 4.99. The molecule has 8 nitrogen and oxygen atoms in total. The number of nitrogens with zero attached hydrogens (tertiary/aromatic N) is 4. The topological polar surface area (TPSA) is 91.6 Å². The van der Waals surface area contributed by atoms with E-state index in [1.165, 1.54) is 17.3 Å². The van der Waals surface area contributed by atoms with Crippen LogP contribution < -0.4 is 5.32 Å². The molecule has 0 saturated carbocycles. The van der Waals surface area contributed by atoms with E-state index in [9.17, 15) is 9.59 Å². The molecular formula is C25H27N5O3S. The number of hydrogen-bond acceptors (Lipinski definition) is 7. The number of hydrogen-bond donors (Lipinski definition) is 1. The quantitative estimate of drug-likeness (QED) is 0.581. The number of aromatic nitrogens is 2. The minimum absolute atomic E-state index is 0.0155. The third kappa shape index (κ3) is 5.15. The van der Waals surface area contributed by atoms with Crippen molar-refractivity contribution in [2.24, 2.45) is 0 Å². The van der Waals surface area contributed by atoms with Gasteiger partial charge in [0.05, 0.1) is 11.4 Å². The normalized spacial score (nSPS) is 16.3. The maximum absolute atomic E-state index is 13.0. The minimum Gasteiger partial charge on any atom is -0.339 e. The second-order valence-corrected chi connectivity index (χ2v) is 9.68. The van der Waals surface area contributed by atoms with Gasteiger partial charge in [0.1, 0.15) is 0 Å². The number of carbonyl (C=O) groups excluding carboxylic acids is 2. The van der Waals surface area contributed by atoms with Crippen LogP contribution in [0.2, 0.25) is 0 Å². The zero-order valence-electron chi connectivity index (χ0n) is 19.1. The standard InChI is InChI=1S/C25H27N5O3S/c1-17-4-6-18(7-5-17)24-27-23(33-28-24)3-2-10-29-11-13-30(14-12-29)25(32)19-8-9-21-20(15-19)26-22(31)16-34-21/h4-9,15H,2-3,10-14,16H2,1H3,(H,26,31). The van der Waals surface area contributed by atoms with Crippen molar-refractivity contribution in [1.82, 2.24) is 19.9 Å². The Morgan fingerprint density at radius 3 is 2.71 bits per heavy atom. The summed E-state index contributed by atoms with van der Waals surface area (Å²) in [5.74, 6) is 1.69. The third-order valence-corrected chi connectivity index (χ3v) is 7.24. The summed E-state index contributed by atoms with van der Waals surface area (Å²) in [5, 5.41) is 6.96. The smallest absolute Gasteiger partial charge is 0.254 e. The van der Waals surface area contributed by atoms with Crippen LogP contribution in [-0.4, -0.2) is 70.2 Å². The van der Waals surface area contributed by atoms with Crippen molar-refractivity contribution in [2.45, 2.75) is 24.7 Å². The molecular weight excluding hydrogens is 450 g/mol. The van der Waals surface area contributed by atoms with Gasteiger partial charge in [0, 0.05) is 48.6 Å². The highest BCUT2D eigenvalue weighted by Crippen LogP contribution is 2.32. The minimum atomic E-state index is -0.0254. The first kappa shape index (κ1) is 22.6. The molecule has 176 valence electrons. The monoisotopic (exact) mass is 477 g/mol. The molecule has 0 unspecified atom stereocenters. The summed E-state index contributed by atoms with van der Waals surface area (Å²) in [4.78, 5) is 34.4. The van der Waals surface area contributed by atoms with Gasteiger partial charge in [-0.2, -0.15) is 4.98 Å². The second kappa shape index (κ2) is 9.99. The lowest BCUT2D eigenvalue weighted by atomic mass is 10.1. The Bertz CT molecular complexity index is 1190. The lowest BCUT2D eigenvalue weighted by molar-refractivity contribution is -0.113. The van der Waals surface area contributed by atoms with Crippen molar-refractivity contribution in [3.63, 3.8) is 0 Å². The molecule has 5 rings (SSSR count). The number of anilines is 1. The van der Waals surface area contributed by atoms with Crippen LogP contribution in [0.5, 0.6) is 0 Å². The van der Waals surface area contributed by atoms with Gasteiger partial charge in [0.2, 0.25) is 17.6 Å². The molecule has 0 spiro atoms. The molecule has 9 heteroatoms. The number of piperazine rings is 1. The van der Waals surface area contributed by atoms with Crippen molar-refractivity contribution in [3.8, 4) is 11.4 Å². The van der Waals surface area contributed by atoms with Gasteiger partial charge < -0.3 is 14.7 Å². The fraction of sp³-hybridized carbons (Fsp3) is 0.360. The SMILES string of the molecule is Cc1ccc(-c2noc(CCCN3CCN(C(=O)c4ccc5c(c4)NC(=O)CS5)CC3)n2)cc1. The molecule has 1 aromatic heterocycles. The van der Waals surface area contributed by atoms with Crippen molar-refractivity contribution < 1.29 is 14.1 Å². The lowest BCUT2D eigenvalue weighted by Crippen LogP contribution is -2.48. The van der Waals surface area contributed by atoms with E-state index in [0.717, 1.165) is 48.6 Å². The molecule has 0 atom stereocenters. The first-order valence-electron chi connectivity index (χ1n) is 11.5. The fourth-order valence-electron chi connectivity index (χ4n) is 4.20. The summed E-state index contributed by atoms with van der Waals surface area (Å²) in [6.45, 7) is 6.02. The van der Waals surface area contributed by atoms with E-state index in [-0.39, 0.29) is 11.8 Å². The van der Waals surface area contributed by atoms with Gasteiger partial charge in [-0.05, 0) is 38.1 Å². The van der Waals surface area contributed by atoms with E-state index in [4.69, 9.17) is 4.52 Å². The summed E-state index contributed by atoms with van der Waals surface area (Å²) in [6.07, 6.45) is 1.66. The molecule has 3 heterocycles. The molecule has 2 aromatic carbocycles. The number of thioether (sulfide) groups is 1. The van der Waals surface area contributed by atoms with Crippen molar-refractivity contribution in [2.75, 3.05) is 43.8 Å². The second-order valence-electron chi connectivity index (χ2n) is 8.66. The summed E-state index contributed by atoms with van der Waals surface area (Å²) in [5.41, 5.74) is 3.51. The number of carbonyl (C=O) groups is 2. The summed E-state index contributed by atoms with van der Waals surface area (Å²) >= 11 is 1.50. The highest BCUT2D eigenvalue weighted by atomic mass is 32.2. The summed E-state index contributed by atoms with van der Waals surface area (Å²) in [7, 11) is 0. The number of nitrogens with one attached hydrogen (secondary N) is 1. The van der Waals surface area contributed by atoms with Gasteiger partial charge in [-0.1, -0.05) is 35.0 Å². The van der Waals surface area contributed by atoms with Crippen molar-refractivity contribution >= 4 is 29.3 Å². The van der Waals surface area contributed by atoms with Crippen LogP contribution in [0.1, 0.15) is 28.2 Å². The number of fused-ring (bicyclic) bond motifs is 1. The highest BCUT2D eigenvalue weighted by Gasteiger charge is 2.24. The Balaban J connectivity index is 1.08. The molecule has 1 saturated heterocycles. The summed E-state index contributed by atoms with van der Waals surface area (Å²) < 4.78 is 5.42. The molecule has 0 radical (unpaired) electrons. The van der Waals surface area contributed by atoms with E-state index >= 15 is 0 Å². The Morgan fingerprint density at radius 1 is 1.12 bits per heavy atom. The number of aryl methyl sites for hydroxylation is 2. The average molecular weight is 478 g/mol. The van der Waals surface area contributed by atoms with E-state index < -0.39 is 0 Å². The predicted molar refractivity (Wildman–Crippen MR) is 131 cm³/mol. The molecule has 1 fully saturated rings. The highest BCUT2D eigenvalue weighted by molar-refractivity contribution is 8.00. The van der Waals surface area contributed by atoms with Crippen LogP contribution in [0.4, 0.5) is 5.69 Å². The Kier molecular flexibility index (Phi) is 6.64. The molecule has 3 aromatic rings. The van der Waals surface area contributed by atoms with Crippen LogP contribution in [0, 0.1) is 6.92 Å². The van der Waals surface area contributed by atoms with E-state index in [1.807, 2.05) is 41.3 Å². The molecule has 34 heavy (non-hydrogen) atoms. The molecule has 0 bridgehead atoms. The van der Waals surface area contributed by atoms with Crippen LogP contribution in [0.15, 0.2) is 51.9 Å². The number of benzene rings is 2. The molecule has 0 aliphatic carbocycles. The van der Waals surface area contributed by atoms with Gasteiger partial charge in [0.25, 0.3) is 5.91 Å². The van der Waals surface area contributed by atoms with E-state index in [2.05, 4.69) is 27.3 Å². The maximum atomic E-state index is 13.0. The van der Waals surface area contributed by atoms with Gasteiger partial charge in [-0.25, -0.2) is 0 Å². The molecule has 2 amide bonds.